The van der Waals surface area contributed by atoms with Crippen molar-refractivity contribution in [1.82, 2.24) is 0 Å². The zero-order chi connectivity index (χ0) is 11.2. The Labute approximate surface area is 140 Å². The normalized spacial score (nSPS) is 11.4. The average Bonchev–Trinajstić information content (AvgIpc) is 1.93. The van der Waals surface area contributed by atoms with Crippen LogP contribution in [0, 0.1) is 0 Å². The van der Waals surface area contributed by atoms with Crippen LogP contribution in [0.2, 0.25) is 0 Å². The first-order valence-electron chi connectivity index (χ1n) is 4.23. The van der Waals surface area contributed by atoms with Gasteiger partial charge in [-0.05, 0) is 6.42 Å². The molecule has 0 aromatic carbocycles. The van der Waals surface area contributed by atoms with E-state index in [1.807, 2.05) is 6.92 Å². The molecule has 0 unspecified atom stereocenters. The maximum absolute atomic E-state index is 10.8. The van der Waals surface area contributed by atoms with Gasteiger partial charge in [0.15, 0.2) is 0 Å². The van der Waals surface area contributed by atoms with Gasteiger partial charge in [-0.2, -0.15) is 8.42 Å². The van der Waals surface area contributed by atoms with Gasteiger partial charge in [-0.15, -0.1) is 0 Å². The molecular formula is C6H13Na2O6PS. The summed E-state index contributed by atoms with van der Waals surface area (Å²) in [6.45, 7) is 1.95. The summed E-state index contributed by atoms with van der Waals surface area (Å²) in [6, 6.07) is 0. The number of hydrogen-bond donors (Lipinski definition) is 0. The number of hydrogen-bond acceptors (Lipinski definition) is 6. The third-order valence-electron chi connectivity index (χ3n) is 1.45. The summed E-state index contributed by atoms with van der Waals surface area (Å²) in [5.74, 6) is -0.429. The fourth-order valence-electron chi connectivity index (χ4n) is 0.882. The van der Waals surface area contributed by atoms with Crippen LogP contribution < -0.4 is 68.9 Å². The summed E-state index contributed by atoms with van der Waals surface area (Å²) in [4.78, 5) is 20.0. The van der Waals surface area contributed by atoms with Gasteiger partial charge in [0.1, 0.15) is 0 Å². The standard InChI is InChI=1S/C6H15O6PS.2Na/c1-2-3-4-5-6-14(10,11)12-13(7,8)9;;/h2-6H2,1H3,(H2,7,8,9);;/q;2*+1/p-2. The van der Waals surface area contributed by atoms with Crippen molar-refractivity contribution in [2.75, 3.05) is 5.75 Å². The van der Waals surface area contributed by atoms with Crippen LogP contribution in [0.4, 0.5) is 0 Å². The first-order chi connectivity index (χ1) is 6.27. The molecule has 86 valence electrons. The van der Waals surface area contributed by atoms with Gasteiger partial charge in [-0.1, -0.05) is 26.2 Å². The molecule has 0 spiro atoms. The molecule has 0 aliphatic rings. The van der Waals surface area contributed by atoms with Crippen LogP contribution in [0.25, 0.3) is 0 Å². The van der Waals surface area contributed by atoms with E-state index in [1.165, 1.54) is 0 Å². The molecule has 0 heterocycles. The Bertz CT molecular complexity index is 300. The predicted octanol–water partition coefficient (Wildman–Crippen LogP) is -6.25. The van der Waals surface area contributed by atoms with E-state index in [4.69, 9.17) is 0 Å². The van der Waals surface area contributed by atoms with Crippen LogP contribution in [-0.2, 0) is 18.7 Å². The van der Waals surface area contributed by atoms with Crippen molar-refractivity contribution in [2.24, 2.45) is 0 Å². The Hall–Kier alpha value is 2.06. The van der Waals surface area contributed by atoms with E-state index in [2.05, 4.69) is 3.97 Å². The molecule has 0 saturated carbocycles. The van der Waals surface area contributed by atoms with Gasteiger partial charge < -0.3 is 14.4 Å². The minimum absolute atomic E-state index is 0. The quantitative estimate of drug-likeness (QED) is 0.262. The third kappa shape index (κ3) is 16.1. The van der Waals surface area contributed by atoms with Crippen molar-refractivity contribution in [3.05, 3.63) is 0 Å². The Morgan fingerprint density at radius 1 is 1.12 bits per heavy atom. The summed E-state index contributed by atoms with van der Waals surface area (Å²) < 4.78 is 35.1. The van der Waals surface area contributed by atoms with E-state index in [-0.39, 0.29) is 59.1 Å². The van der Waals surface area contributed by atoms with Crippen LogP contribution in [0.3, 0.4) is 0 Å². The van der Waals surface area contributed by atoms with Crippen LogP contribution in [0.5, 0.6) is 0 Å². The largest absolute Gasteiger partial charge is 1.00 e. The molecule has 6 nitrogen and oxygen atoms in total. The van der Waals surface area contributed by atoms with Crippen LogP contribution in [0.1, 0.15) is 32.6 Å². The second kappa shape index (κ2) is 10.9. The molecule has 0 saturated heterocycles. The zero-order valence-corrected chi connectivity index (χ0v) is 15.6. The molecule has 0 N–H and O–H groups in total. The molecule has 16 heavy (non-hydrogen) atoms. The van der Waals surface area contributed by atoms with E-state index in [9.17, 15) is 22.8 Å². The van der Waals surface area contributed by atoms with Crippen molar-refractivity contribution < 1.29 is 85.9 Å². The Morgan fingerprint density at radius 3 is 2.00 bits per heavy atom. The molecule has 0 amide bonds. The Kier molecular flexibility index (Phi) is 15.8. The molecule has 0 aliphatic heterocycles. The zero-order valence-electron chi connectivity index (χ0n) is 9.84. The van der Waals surface area contributed by atoms with Gasteiger partial charge in [-0.25, -0.2) is 3.97 Å². The first kappa shape index (κ1) is 23.2. The molecular weight excluding hydrogens is 277 g/mol. The summed E-state index contributed by atoms with van der Waals surface area (Å²) >= 11 is 0. The van der Waals surface area contributed by atoms with Crippen LogP contribution in [-0.4, -0.2) is 14.2 Å². The number of rotatable bonds is 7. The topological polar surface area (TPSA) is 107 Å². The summed E-state index contributed by atoms with van der Waals surface area (Å²) in [7, 11) is -9.64. The van der Waals surface area contributed by atoms with Crippen molar-refractivity contribution in [3.63, 3.8) is 0 Å². The van der Waals surface area contributed by atoms with E-state index in [0.29, 0.717) is 12.8 Å². The Balaban J connectivity index is -0.000000845. The predicted molar refractivity (Wildman–Crippen MR) is 46.6 cm³/mol. The van der Waals surface area contributed by atoms with Crippen molar-refractivity contribution >= 4 is 17.9 Å². The van der Waals surface area contributed by atoms with Crippen molar-refractivity contribution in [3.8, 4) is 0 Å². The number of phosphoric acid groups is 1. The molecule has 0 atom stereocenters. The summed E-state index contributed by atoms with van der Waals surface area (Å²) in [5, 5.41) is 0. The molecule has 0 radical (unpaired) electrons. The van der Waals surface area contributed by atoms with Gasteiger partial charge in [0.05, 0.1) is 13.6 Å². The Morgan fingerprint density at radius 2 is 1.62 bits per heavy atom. The van der Waals surface area contributed by atoms with Gasteiger partial charge in [0.2, 0.25) is 0 Å². The minimum atomic E-state index is -5.43. The maximum Gasteiger partial charge on any atom is 1.00 e. The first-order valence-corrected chi connectivity index (χ1v) is 7.26. The van der Waals surface area contributed by atoms with Gasteiger partial charge in [-0.3, -0.25) is 0 Å². The fourth-order valence-corrected chi connectivity index (χ4v) is 2.85. The number of unbranched alkanes of at least 4 members (excludes halogenated alkanes) is 3. The third-order valence-corrected chi connectivity index (χ3v) is 3.88. The van der Waals surface area contributed by atoms with Crippen LogP contribution in [0.15, 0.2) is 0 Å². The van der Waals surface area contributed by atoms with Crippen LogP contribution >= 0.6 is 7.82 Å². The summed E-state index contributed by atoms with van der Waals surface area (Å²) in [5.41, 5.74) is 0. The van der Waals surface area contributed by atoms with Gasteiger partial charge in [0.25, 0.3) is 10.1 Å². The molecule has 10 heteroatoms. The molecule has 0 fully saturated rings. The fraction of sp³-hybridized carbons (Fsp3) is 1.00. The van der Waals surface area contributed by atoms with E-state index < -0.39 is 23.7 Å². The molecule has 0 aromatic heterocycles. The minimum Gasteiger partial charge on any atom is -0.789 e. The van der Waals surface area contributed by atoms with Crippen molar-refractivity contribution in [1.29, 1.82) is 0 Å². The molecule has 0 aliphatic carbocycles. The maximum atomic E-state index is 10.8. The molecule has 0 bridgehead atoms. The van der Waals surface area contributed by atoms with Gasteiger partial charge in [0, 0.05) is 0 Å². The SMILES string of the molecule is CCCCCCS(=O)(=O)OP(=O)([O-])[O-].[Na+].[Na+]. The smallest absolute Gasteiger partial charge is 0.789 e. The van der Waals surface area contributed by atoms with E-state index in [0.717, 1.165) is 12.8 Å². The molecule has 0 rings (SSSR count). The molecule has 0 aromatic rings. The average molecular weight is 290 g/mol. The second-order valence-corrected chi connectivity index (χ2v) is 5.86. The van der Waals surface area contributed by atoms with Gasteiger partial charge >= 0.3 is 59.1 Å². The summed E-state index contributed by atoms with van der Waals surface area (Å²) in [6.07, 6.45) is 2.77. The van der Waals surface area contributed by atoms with Crippen molar-refractivity contribution in [2.45, 2.75) is 32.6 Å². The second-order valence-electron chi connectivity index (χ2n) is 2.84. The monoisotopic (exact) mass is 290 g/mol. The van der Waals surface area contributed by atoms with E-state index >= 15 is 0 Å². The van der Waals surface area contributed by atoms with E-state index in [1.54, 1.807) is 0 Å².